The van der Waals surface area contributed by atoms with Gasteiger partial charge in [0.25, 0.3) is 5.91 Å². The number of rotatable bonds is 7. The molecule has 2 aromatic carbocycles. The first-order valence-corrected chi connectivity index (χ1v) is 8.57. The van der Waals surface area contributed by atoms with Crippen molar-refractivity contribution in [2.75, 3.05) is 24.3 Å². The van der Waals surface area contributed by atoms with E-state index >= 15 is 0 Å². The highest BCUT2D eigenvalue weighted by Gasteiger charge is 2.14. The third-order valence-corrected chi connectivity index (χ3v) is 3.64. The zero-order valence-electron chi connectivity index (χ0n) is 14.7. The van der Waals surface area contributed by atoms with Gasteiger partial charge in [-0.25, -0.2) is 9.59 Å². The minimum atomic E-state index is -0.728. The molecular formula is C19H19ClN2O5. The summed E-state index contributed by atoms with van der Waals surface area (Å²) in [7, 11) is 0. The smallest absolute Gasteiger partial charge is 0.340 e. The Morgan fingerprint density at radius 1 is 1.04 bits per heavy atom. The van der Waals surface area contributed by atoms with E-state index in [-0.39, 0.29) is 11.3 Å². The number of anilines is 2. The molecule has 0 aromatic heterocycles. The van der Waals surface area contributed by atoms with Gasteiger partial charge in [0.05, 0.1) is 17.7 Å². The van der Waals surface area contributed by atoms with Crippen LogP contribution < -0.4 is 11.1 Å². The molecule has 0 aliphatic carbocycles. The highest BCUT2D eigenvalue weighted by molar-refractivity contribution is 6.31. The number of benzene rings is 2. The van der Waals surface area contributed by atoms with Crippen LogP contribution in [0.3, 0.4) is 0 Å². The van der Waals surface area contributed by atoms with Crippen LogP contribution in [0.1, 0.15) is 34.1 Å². The number of hydrogen-bond donors (Lipinski definition) is 2. The van der Waals surface area contributed by atoms with E-state index in [1.165, 1.54) is 30.3 Å². The molecule has 0 heterocycles. The Balaban J connectivity index is 1.86. The molecule has 2 aromatic rings. The van der Waals surface area contributed by atoms with Gasteiger partial charge in [0.2, 0.25) is 0 Å². The minimum Gasteiger partial charge on any atom is -0.462 e. The fourth-order valence-electron chi connectivity index (χ4n) is 2.09. The summed E-state index contributed by atoms with van der Waals surface area (Å²) >= 11 is 5.77. The predicted molar refractivity (Wildman–Crippen MR) is 102 cm³/mol. The summed E-state index contributed by atoms with van der Waals surface area (Å²) in [6.07, 6.45) is 0.736. The number of halogens is 1. The van der Waals surface area contributed by atoms with Crippen LogP contribution in [-0.2, 0) is 14.3 Å². The van der Waals surface area contributed by atoms with E-state index in [2.05, 4.69) is 5.32 Å². The first-order valence-electron chi connectivity index (χ1n) is 8.20. The maximum atomic E-state index is 12.0. The quantitative estimate of drug-likeness (QED) is 0.554. The molecule has 0 saturated heterocycles. The molecule has 0 aliphatic heterocycles. The standard InChI is InChI=1S/C19H19ClN2O5/c1-2-9-26-18(24)12-3-6-14(7-4-12)22-17(23)11-27-19(25)15-8-5-13(20)10-16(15)21/h3-8,10H,2,9,11,21H2,1H3,(H,22,23). The molecule has 7 nitrogen and oxygen atoms in total. The molecule has 0 saturated carbocycles. The highest BCUT2D eigenvalue weighted by Crippen LogP contribution is 2.18. The Hall–Kier alpha value is -3.06. The molecule has 2 rings (SSSR count). The van der Waals surface area contributed by atoms with Gasteiger partial charge in [0.15, 0.2) is 6.61 Å². The van der Waals surface area contributed by atoms with Crippen molar-refractivity contribution >= 4 is 40.8 Å². The molecule has 0 radical (unpaired) electrons. The van der Waals surface area contributed by atoms with E-state index in [4.69, 9.17) is 26.8 Å². The Morgan fingerprint density at radius 3 is 2.37 bits per heavy atom. The van der Waals surface area contributed by atoms with Gasteiger partial charge < -0.3 is 20.5 Å². The van der Waals surface area contributed by atoms with Gasteiger partial charge in [0, 0.05) is 16.4 Å². The van der Waals surface area contributed by atoms with Crippen LogP contribution in [0, 0.1) is 0 Å². The molecule has 0 unspecified atom stereocenters. The summed E-state index contributed by atoms with van der Waals surface area (Å²) in [5, 5.41) is 2.95. The van der Waals surface area contributed by atoms with Gasteiger partial charge in [-0.15, -0.1) is 0 Å². The lowest BCUT2D eigenvalue weighted by atomic mass is 10.2. The summed E-state index contributed by atoms with van der Waals surface area (Å²) in [4.78, 5) is 35.6. The van der Waals surface area contributed by atoms with E-state index in [0.717, 1.165) is 6.42 Å². The summed E-state index contributed by atoms with van der Waals surface area (Å²) in [5.74, 6) is -1.69. The molecular weight excluding hydrogens is 372 g/mol. The van der Waals surface area contributed by atoms with Crippen LogP contribution in [0.2, 0.25) is 5.02 Å². The number of amides is 1. The SMILES string of the molecule is CCCOC(=O)c1ccc(NC(=O)COC(=O)c2ccc(Cl)cc2N)cc1. The Labute approximate surface area is 161 Å². The van der Waals surface area contributed by atoms with Crippen molar-refractivity contribution in [3.05, 3.63) is 58.6 Å². The number of nitrogen functional groups attached to an aromatic ring is 1. The molecule has 0 aliphatic rings. The van der Waals surface area contributed by atoms with E-state index in [1.54, 1.807) is 12.1 Å². The second-order valence-corrected chi connectivity index (χ2v) is 6.01. The van der Waals surface area contributed by atoms with Gasteiger partial charge in [-0.05, 0) is 48.9 Å². The maximum absolute atomic E-state index is 12.0. The largest absolute Gasteiger partial charge is 0.462 e. The molecule has 8 heteroatoms. The van der Waals surface area contributed by atoms with E-state index in [0.29, 0.717) is 22.9 Å². The number of esters is 2. The number of nitrogens with two attached hydrogens (primary N) is 1. The molecule has 0 spiro atoms. The summed E-state index contributed by atoms with van der Waals surface area (Å²) in [6, 6.07) is 10.5. The van der Waals surface area contributed by atoms with Gasteiger partial charge in [0.1, 0.15) is 0 Å². The van der Waals surface area contributed by atoms with Crippen molar-refractivity contribution in [3.63, 3.8) is 0 Å². The first kappa shape index (κ1) is 20.3. The van der Waals surface area contributed by atoms with Crippen molar-refractivity contribution in [1.82, 2.24) is 0 Å². The molecule has 3 N–H and O–H groups in total. The normalized spacial score (nSPS) is 10.1. The average Bonchev–Trinajstić information content (AvgIpc) is 2.64. The average molecular weight is 391 g/mol. The van der Waals surface area contributed by atoms with Crippen LogP contribution in [0.25, 0.3) is 0 Å². The van der Waals surface area contributed by atoms with E-state index in [1.807, 2.05) is 6.92 Å². The number of carbonyl (C=O) groups is 3. The monoisotopic (exact) mass is 390 g/mol. The topological polar surface area (TPSA) is 108 Å². The molecule has 0 bridgehead atoms. The summed E-state index contributed by atoms with van der Waals surface area (Å²) in [5.41, 5.74) is 6.82. The van der Waals surface area contributed by atoms with Crippen LogP contribution in [0.5, 0.6) is 0 Å². The van der Waals surface area contributed by atoms with Crippen molar-refractivity contribution in [2.24, 2.45) is 0 Å². The Morgan fingerprint density at radius 2 is 1.74 bits per heavy atom. The van der Waals surface area contributed by atoms with Crippen molar-refractivity contribution in [2.45, 2.75) is 13.3 Å². The van der Waals surface area contributed by atoms with Gasteiger partial charge >= 0.3 is 11.9 Å². The predicted octanol–water partition coefficient (Wildman–Crippen LogP) is 3.28. The zero-order chi connectivity index (χ0) is 19.8. The first-order chi connectivity index (χ1) is 12.9. The lowest BCUT2D eigenvalue weighted by Gasteiger charge is -2.09. The fourth-order valence-corrected chi connectivity index (χ4v) is 2.27. The lowest BCUT2D eigenvalue weighted by Crippen LogP contribution is -2.21. The second kappa shape index (κ2) is 9.59. The third kappa shape index (κ3) is 6.00. The molecule has 1 amide bonds. The highest BCUT2D eigenvalue weighted by atomic mass is 35.5. The molecule has 27 heavy (non-hydrogen) atoms. The summed E-state index contributed by atoms with van der Waals surface area (Å²) < 4.78 is 9.96. The van der Waals surface area contributed by atoms with Crippen LogP contribution in [0.15, 0.2) is 42.5 Å². The van der Waals surface area contributed by atoms with E-state index in [9.17, 15) is 14.4 Å². The number of carbonyl (C=O) groups excluding carboxylic acids is 3. The van der Waals surface area contributed by atoms with Crippen LogP contribution in [-0.4, -0.2) is 31.1 Å². The van der Waals surface area contributed by atoms with Gasteiger partial charge in [-0.3, -0.25) is 4.79 Å². The second-order valence-electron chi connectivity index (χ2n) is 5.57. The van der Waals surface area contributed by atoms with Gasteiger partial charge in [-0.2, -0.15) is 0 Å². The Kier molecular flexibility index (Phi) is 7.19. The zero-order valence-corrected chi connectivity index (χ0v) is 15.4. The maximum Gasteiger partial charge on any atom is 0.340 e. The van der Waals surface area contributed by atoms with Crippen molar-refractivity contribution in [3.8, 4) is 0 Å². The summed E-state index contributed by atoms with van der Waals surface area (Å²) in [6.45, 7) is 1.77. The lowest BCUT2D eigenvalue weighted by molar-refractivity contribution is -0.119. The number of ether oxygens (including phenoxy) is 2. The molecule has 142 valence electrons. The van der Waals surface area contributed by atoms with Gasteiger partial charge in [-0.1, -0.05) is 18.5 Å². The molecule has 0 atom stereocenters. The number of hydrogen-bond acceptors (Lipinski definition) is 6. The van der Waals surface area contributed by atoms with Crippen LogP contribution >= 0.6 is 11.6 Å². The van der Waals surface area contributed by atoms with Crippen molar-refractivity contribution < 1.29 is 23.9 Å². The Bertz CT molecular complexity index is 836. The van der Waals surface area contributed by atoms with Crippen molar-refractivity contribution in [1.29, 1.82) is 0 Å². The fraction of sp³-hybridized carbons (Fsp3) is 0.211. The molecule has 0 fully saturated rings. The minimum absolute atomic E-state index is 0.127. The van der Waals surface area contributed by atoms with Crippen LogP contribution in [0.4, 0.5) is 11.4 Å². The number of nitrogens with one attached hydrogen (secondary N) is 1. The van der Waals surface area contributed by atoms with E-state index < -0.39 is 24.5 Å². The third-order valence-electron chi connectivity index (χ3n) is 3.41.